The number of aliphatic imine (C=N–C) groups is 1. The molecule has 0 atom stereocenters. The smallest absolute Gasteiger partial charge is 0.263 e. The van der Waals surface area contributed by atoms with Crippen LogP contribution in [0.2, 0.25) is 0 Å². The molecular weight excluding hydrogens is 364 g/mol. The molecular formula is C22H26N6O. The van der Waals surface area contributed by atoms with Crippen molar-refractivity contribution in [3.05, 3.63) is 90.4 Å². The first-order valence-corrected chi connectivity index (χ1v) is 8.80. The third kappa shape index (κ3) is 5.49. The summed E-state index contributed by atoms with van der Waals surface area (Å²) in [6.07, 6.45) is 1.53. The molecule has 0 saturated carbocycles. The van der Waals surface area contributed by atoms with E-state index in [4.69, 9.17) is 22.0 Å². The van der Waals surface area contributed by atoms with Crippen molar-refractivity contribution < 1.29 is 4.74 Å². The van der Waals surface area contributed by atoms with Gasteiger partial charge >= 0.3 is 0 Å². The molecule has 0 aromatic heterocycles. The van der Waals surface area contributed by atoms with Crippen LogP contribution in [0.5, 0.6) is 0 Å². The maximum Gasteiger partial charge on any atom is 0.263 e. The summed E-state index contributed by atoms with van der Waals surface area (Å²) in [7, 11) is 3.91. The monoisotopic (exact) mass is 390 g/mol. The van der Waals surface area contributed by atoms with Crippen molar-refractivity contribution in [3.8, 4) is 0 Å². The fraction of sp³-hybridized carbons (Fsp3) is 0.0909. The van der Waals surface area contributed by atoms with E-state index < -0.39 is 0 Å². The van der Waals surface area contributed by atoms with Gasteiger partial charge in [0.2, 0.25) is 0 Å². The highest BCUT2D eigenvalue weighted by Gasteiger charge is 2.12. The van der Waals surface area contributed by atoms with Crippen molar-refractivity contribution in [2.45, 2.75) is 0 Å². The summed E-state index contributed by atoms with van der Waals surface area (Å²) < 4.78 is 5.58. The van der Waals surface area contributed by atoms with Crippen LogP contribution in [0.25, 0.3) is 11.3 Å². The largest absolute Gasteiger partial charge is 0.436 e. The average Bonchev–Trinajstić information content (AvgIpc) is 2.75. The number of rotatable bonds is 7. The lowest BCUT2D eigenvalue weighted by molar-refractivity contribution is 0.504. The summed E-state index contributed by atoms with van der Waals surface area (Å²) in [5.41, 5.74) is 15.4. The third-order valence-corrected chi connectivity index (χ3v) is 4.03. The minimum absolute atomic E-state index is 0.00135. The van der Waals surface area contributed by atoms with Crippen molar-refractivity contribution in [1.29, 1.82) is 0 Å². The number of hydrazone groups is 1. The molecule has 150 valence electrons. The molecule has 0 unspecified atom stereocenters. The van der Waals surface area contributed by atoms with E-state index >= 15 is 0 Å². The number of nitrogens with zero attached hydrogens (tertiary/aromatic N) is 3. The normalized spacial score (nSPS) is 12.4. The average molecular weight is 390 g/mol. The topological polar surface area (TPSA) is 115 Å². The molecule has 0 saturated heterocycles. The molecule has 2 rings (SSSR count). The van der Waals surface area contributed by atoms with E-state index in [1.54, 1.807) is 0 Å². The molecule has 2 aromatic rings. The SMILES string of the molecule is C=C(OC(=N\N)/C(N)=C(N)/N=C\C(=C)c1ccccc1N(C)C)c1ccccc1. The first kappa shape index (κ1) is 21.3. The fourth-order valence-corrected chi connectivity index (χ4v) is 2.48. The predicted octanol–water partition coefficient (Wildman–Crippen LogP) is 2.88. The number of hydrogen-bond acceptors (Lipinski definition) is 7. The second-order valence-corrected chi connectivity index (χ2v) is 6.32. The second-order valence-electron chi connectivity index (χ2n) is 6.32. The summed E-state index contributed by atoms with van der Waals surface area (Å²) >= 11 is 0. The molecule has 0 spiro atoms. The van der Waals surface area contributed by atoms with Gasteiger partial charge in [-0.05, 0) is 11.6 Å². The van der Waals surface area contributed by atoms with E-state index in [0.717, 1.165) is 16.8 Å². The second kappa shape index (κ2) is 9.80. The number of ether oxygens (including phenoxy) is 1. The van der Waals surface area contributed by atoms with Crippen LogP contribution in [0.3, 0.4) is 0 Å². The molecule has 7 heteroatoms. The van der Waals surface area contributed by atoms with Gasteiger partial charge in [0.25, 0.3) is 5.90 Å². The zero-order valence-corrected chi connectivity index (χ0v) is 16.7. The van der Waals surface area contributed by atoms with Crippen LogP contribution in [-0.2, 0) is 4.74 Å². The lowest BCUT2D eigenvalue weighted by Crippen LogP contribution is -2.21. The Kier molecular flexibility index (Phi) is 7.20. The highest BCUT2D eigenvalue weighted by atomic mass is 16.5. The summed E-state index contributed by atoms with van der Waals surface area (Å²) in [6.45, 7) is 7.92. The molecule has 0 aliphatic rings. The Hall–Kier alpha value is -4.00. The Morgan fingerprint density at radius 1 is 1.00 bits per heavy atom. The Bertz CT molecular complexity index is 974. The van der Waals surface area contributed by atoms with E-state index in [1.165, 1.54) is 6.21 Å². The van der Waals surface area contributed by atoms with E-state index in [2.05, 4.69) is 23.3 Å². The van der Waals surface area contributed by atoms with Gasteiger partial charge in [0.1, 0.15) is 11.5 Å². The van der Waals surface area contributed by atoms with Gasteiger partial charge in [-0.1, -0.05) is 61.7 Å². The standard InChI is InChI=1S/C22H26N6O/c1-15(18-12-8-9-13-19(18)28(3)4)14-26-21(24)20(23)22(27-25)29-16(2)17-10-6-5-7-11-17/h5-14H,1-2,23-25H2,3-4H3/b21-20-,26-14-,27-22-. The maximum atomic E-state index is 6.03. The molecule has 0 aliphatic heterocycles. The minimum atomic E-state index is -0.0761. The number of benzene rings is 2. The number of para-hydroxylation sites is 1. The van der Waals surface area contributed by atoms with Gasteiger partial charge in [0.15, 0.2) is 5.82 Å². The van der Waals surface area contributed by atoms with Crippen LogP contribution in [0.4, 0.5) is 5.69 Å². The molecule has 0 amide bonds. The summed E-state index contributed by atoms with van der Waals surface area (Å²) in [5.74, 6) is 5.67. The van der Waals surface area contributed by atoms with Gasteiger partial charge in [-0.3, -0.25) is 0 Å². The van der Waals surface area contributed by atoms with Gasteiger partial charge in [-0.15, -0.1) is 5.10 Å². The van der Waals surface area contributed by atoms with E-state index in [9.17, 15) is 0 Å². The molecule has 7 nitrogen and oxygen atoms in total. The van der Waals surface area contributed by atoms with E-state index in [1.807, 2.05) is 73.6 Å². The zero-order valence-electron chi connectivity index (χ0n) is 16.7. The molecule has 0 aliphatic carbocycles. The van der Waals surface area contributed by atoms with Gasteiger partial charge in [-0.25, -0.2) is 4.99 Å². The Labute approximate surface area is 171 Å². The van der Waals surface area contributed by atoms with Gasteiger partial charge in [-0.2, -0.15) is 0 Å². The van der Waals surface area contributed by atoms with Crippen molar-refractivity contribution in [1.82, 2.24) is 0 Å². The van der Waals surface area contributed by atoms with Crippen molar-refractivity contribution in [2.75, 3.05) is 19.0 Å². The number of allylic oxidation sites excluding steroid dienone is 1. The Morgan fingerprint density at radius 2 is 1.62 bits per heavy atom. The molecule has 2 aromatic carbocycles. The Balaban J connectivity index is 2.19. The quantitative estimate of drug-likeness (QED) is 0.221. The van der Waals surface area contributed by atoms with Gasteiger partial charge in [0, 0.05) is 37.1 Å². The highest BCUT2D eigenvalue weighted by molar-refractivity contribution is 6.11. The fourth-order valence-electron chi connectivity index (χ4n) is 2.48. The van der Waals surface area contributed by atoms with E-state index in [-0.39, 0.29) is 17.4 Å². The molecule has 29 heavy (non-hydrogen) atoms. The van der Waals surface area contributed by atoms with Crippen LogP contribution in [0.15, 0.2) is 89.4 Å². The highest BCUT2D eigenvalue weighted by Crippen LogP contribution is 2.23. The molecule has 0 fully saturated rings. The molecule has 0 bridgehead atoms. The number of hydrogen-bond donors (Lipinski definition) is 3. The lowest BCUT2D eigenvalue weighted by atomic mass is 10.1. The van der Waals surface area contributed by atoms with Crippen molar-refractivity contribution >= 4 is 29.1 Å². The Morgan fingerprint density at radius 3 is 2.24 bits per heavy atom. The van der Waals surface area contributed by atoms with Crippen molar-refractivity contribution in [2.24, 2.45) is 27.4 Å². The number of anilines is 1. The summed E-state index contributed by atoms with van der Waals surface area (Å²) in [6, 6.07) is 17.1. The summed E-state index contributed by atoms with van der Waals surface area (Å²) in [5, 5.41) is 3.56. The van der Waals surface area contributed by atoms with Crippen LogP contribution >= 0.6 is 0 Å². The third-order valence-electron chi connectivity index (χ3n) is 4.03. The van der Waals surface area contributed by atoms with Crippen LogP contribution < -0.4 is 22.2 Å². The minimum Gasteiger partial charge on any atom is -0.436 e. The molecule has 6 N–H and O–H groups in total. The number of nitrogens with two attached hydrogens (primary N) is 3. The first-order chi connectivity index (χ1) is 13.8. The predicted molar refractivity (Wildman–Crippen MR) is 122 cm³/mol. The first-order valence-electron chi connectivity index (χ1n) is 8.80. The van der Waals surface area contributed by atoms with Gasteiger partial charge < -0.3 is 26.9 Å². The zero-order chi connectivity index (χ0) is 21.4. The van der Waals surface area contributed by atoms with Crippen LogP contribution in [0, 0.1) is 0 Å². The van der Waals surface area contributed by atoms with Gasteiger partial charge in [0.05, 0.1) is 0 Å². The summed E-state index contributed by atoms with van der Waals surface area (Å²) in [4.78, 5) is 6.18. The lowest BCUT2D eigenvalue weighted by Gasteiger charge is -2.17. The molecule has 0 radical (unpaired) electrons. The van der Waals surface area contributed by atoms with E-state index in [0.29, 0.717) is 11.3 Å². The maximum absolute atomic E-state index is 6.03. The molecule has 0 heterocycles. The van der Waals surface area contributed by atoms with Crippen LogP contribution in [-0.4, -0.2) is 26.2 Å². The van der Waals surface area contributed by atoms with Crippen LogP contribution in [0.1, 0.15) is 11.1 Å². The van der Waals surface area contributed by atoms with Crippen molar-refractivity contribution in [3.63, 3.8) is 0 Å².